The molecule has 1 aromatic rings. The number of carbonyl (C=O) groups excluding carboxylic acids is 1. The Morgan fingerprint density at radius 3 is 2.43 bits per heavy atom. The van der Waals surface area contributed by atoms with E-state index in [1.54, 1.807) is 0 Å². The van der Waals surface area contributed by atoms with Crippen molar-refractivity contribution in [3.8, 4) is 11.5 Å². The summed E-state index contributed by atoms with van der Waals surface area (Å²) in [5.74, 6) is -0.985. The number of aliphatic imine (C=N–C) groups is 1. The van der Waals surface area contributed by atoms with Gasteiger partial charge < -0.3 is 59.1 Å². The fraction of sp³-hybridized carbons (Fsp3) is 0.682. The maximum Gasteiger partial charge on any atom is 0.186 e. The summed E-state index contributed by atoms with van der Waals surface area (Å²) >= 11 is 1.17. The van der Waals surface area contributed by atoms with E-state index in [9.17, 15) is 30.3 Å². The molecule has 0 aromatic carbocycles. The number of nitrogens with zero attached hydrogens (tertiary/aromatic N) is 2. The molecule has 37 heavy (non-hydrogen) atoms. The average molecular weight is 548 g/mol. The van der Waals surface area contributed by atoms with Gasteiger partial charge in [-0.15, -0.1) is 11.8 Å². The first-order chi connectivity index (χ1) is 17.7. The summed E-state index contributed by atoms with van der Waals surface area (Å²) in [6.07, 6.45) is -5.26. The maximum atomic E-state index is 11.2. The topological polar surface area (TPSA) is 213 Å². The predicted molar refractivity (Wildman–Crippen MR) is 125 cm³/mol. The van der Waals surface area contributed by atoms with Gasteiger partial charge >= 0.3 is 0 Å². The molecule has 2 aliphatic heterocycles. The number of aliphatic carboxylic acids is 1. The Morgan fingerprint density at radius 1 is 1.14 bits per heavy atom. The third-order valence-corrected chi connectivity index (χ3v) is 6.81. The zero-order valence-corrected chi connectivity index (χ0v) is 20.9. The summed E-state index contributed by atoms with van der Waals surface area (Å²) in [4.78, 5) is 19.4. The van der Waals surface area contributed by atoms with E-state index in [0.717, 1.165) is 0 Å². The number of carboxylic acids is 1. The average Bonchev–Trinajstić information content (AvgIpc) is 3.28. The van der Waals surface area contributed by atoms with Crippen LogP contribution in [0, 0.1) is 0 Å². The van der Waals surface area contributed by atoms with Crippen molar-refractivity contribution in [1.82, 2.24) is 4.98 Å². The first-order valence-electron chi connectivity index (χ1n) is 11.5. The lowest BCUT2D eigenvalue weighted by Gasteiger charge is -2.39. The minimum Gasteiger partial charge on any atom is -0.547 e. The zero-order valence-electron chi connectivity index (χ0n) is 20.1. The third kappa shape index (κ3) is 7.72. The number of aliphatic hydroxyl groups excluding tert-OH is 4. The van der Waals surface area contributed by atoms with Crippen LogP contribution in [-0.4, -0.2) is 130 Å². The van der Waals surface area contributed by atoms with E-state index in [1.807, 2.05) is 0 Å². The molecule has 3 heterocycles. The van der Waals surface area contributed by atoms with Gasteiger partial charge in [0.2, 0.25) is 0 Å². The van der Waals surface area contributed by atoms with Crippen LogP contribution >= 0.6 is 11.8 Å². The molecule has 0 spiro atoms. The van der Waals surface area contributed by atoms with Crippen LogP contribution in [0.1, 0.15) is 12.6 Å². The van der Waals surface area contributed by atoms with Crippen molar-refractivity contribution in [2.45, 2.75) is 43.2 Å². The summed E-state index contributed by atoms with van der Waals surface area (Å²) < 4.78 is 26.8. The molecule has 0 aliphatic carbocycles. The molecule has 2 aliphatic rings. The molecule has 14 nitrogen and oxygen atoms in total. The van der Waals surface area contributed by atoms with Crippen LogP contribution in [0.4, 0.5) is 0 Å². The number of thioether (sulfide) groups is 1. The molecule has 6 atom stereocenters. The van der Waals surface area contributed by atoms with Crippen molar-refractivity contribution in [2.75, 3.05) is 52.0 Å². The maximum absolute atomic E-state index is 11.2. The number of aromatic nitrogens is 1. The molecule has 1 saturated heterocycles. The summed E-state index contributed by atoms with van der Waals surface area (Å²) in [7, 11) is 0. The first-order valence-corrected chi connectivity index (χ1v) is 12.5. The van der Waals surface area contributed by atoms with Crippen LogP contribution in [0.3, 0.4) is 0 Å². The number of pyridine rings is 1. The first kappa shape index (κ1) is 29.5. The lowest BCUT2D eigenvalue weighted by atomic mass is 9.99. The van der Waals surface area contributed by atoms with Gasteiger partial charge in [-0.2, -0.15) is 0 Å². The van der Waals surface area contributed by atoms with Crippen LogP contribution in [0.2, 0.25) is 0 Å². The Kier molecular flexibility index (Phi) is 10.9. The van der Waals surface area contributed by atoms with Crippen molar-refractivity contribution in [3.63, 3.8) is 0 Å². The number of aromatic hydroxyl groups is 1. The van der Waals surface area contributed by atoms with Gasteiger partial charge in [0.05, 0.1) is 51.8 Å². The fourth-order valence-electron chi connectivity index (χ4n) is 3.37. The van der Waals surface area contributed by atoms with Crippen LogP contribution in [0.15, 0.2) is 17.3 Å². The molecule has 5 N–H and O–H groups in total. The van der Waals surface area contributed by atoms with Crippen LogP contribution < -0.4 is 9.84 Å². The Labute approximate surface area is 216 Å². The van der Waals surface area contributed by atoms with Gasteiger partial charge in [-0.25, -0.2) is 4.98 Å². The van der Waals surface area contributed by atoms with E-state index >= 15 is 0 Å². The molecule has 0 radical (unpaired) electrons. The van der Waals surface area contributed by atoms with Gasteiger partial charge in [-0.05, 0) is 6.92 Å². The van der Waals surface area contributed by atoms with Crippen molar-refractivity contribution in [1.29, 1.82) is 0 Å². The van der Waals surface area contributed by atoms with Crippen molar-refractivity contribution in [3.05, 3.63) is 18.0 Å². The SMILES string of the molecule is C[C@]1(C(=O)[O-])CSC(c2ncc(OCCOCCOCCO[C@H]3OC(CO)[C@H](O)[C@@H](O)C3O)cc2O)=N1. The number of hydrogen-bond acceptors (Lipinski definition) is 15. The molecular formula is C22H31N2O12S-. The molecule has 1 fully saturated rings. The van der Waals surface area contributed by atoms with Crippen LogP contribution in [0.25, 0.3) is 0 Å². The van der Waals surface area contributed by atoms with Gasteiger partial charge in [0.25, 0.3) is 0 Å². The molecule has 0 bridgehead atoms. The molecule has 208 valence electrons. The number of aliphatic hydroxyl groups is 4. The minimum atomic E-state index is -1.50. The number of carboxylic acid groups (broad SMARTS) is 1. The molecule has 3 rings (SSSR count). The quantitative estimate of drug-likeness (QED) is 0.147. The Balaban J connectivity index is 1.26. The van der Waals surface area contributed by atoms with Gasteiger partial charge in [0.15, 0.2) is 6.29 Å². The van der Waals surface area contributed by atoms with Crippen molar-refractivity contribution in [2.24, 2.45) is 4.99 Å². The zero-order chi connectivity index (χ0) is 27.0. The number of hydrogen-bond donors (Lipinski definition) is 5. The minimum absolute atomic E-state index is 0.0374. The molecule has 1 aromatic heterocycles. The van der Waals surface area contributed by atoms with Crippen molar-refractivity contribution >= 4 is 22.8 Å². The highest BCUT2D eigenvalue weighted by atomic mass is 32.2. The summed E-state index contributed by atoms with van der Waals surface area (Å²) in [6, 6.07) is 1.36. The van der Waals surface area contributed by atoms with Gasteiger partial charge in [0, 0.05) is 11.8 Å². The highest BCUT2D eigenvalue weighted by Crippen LogP contribution is 2.33. The second kappa shape index (κ2) is 13.6. The second-order valence-corrected chi connectivity index (χ2v) is 9.41. The van der Waals surface area contributed by atoms with E-state index in [1.165, 1.54) is 30.9 Å². The highest BCUT2D eigenvalue weighted by molar-refractivity contribution is 8.14. The standard InChI is InChI=1S/C22H32N2O12S/c1-22(21(30)31)11-37-19(24-22)15-13(26)8-12(9-23-15)34-6-4-32-2-3-33-5-7-35-20-18(29)17(28)16(27)14(10-25)36-20/h8-9,14,16-18,20,25-29H,2-7,10-11H2,1H3,(H,30,31)/p-1/t14?,16-,17+,18?,20-,22+/m0/s1. The Morgan fingerprint density at radius 2 is 1.81 bits per heavy atom. The third-order valence-electron chi connectivity index (χ3n) is 5.55. The van der Waals surface area contributed by atoms with Crippen LogP contribution in [0.5, 0.6) is 11.5 Å². The predicted octanol–water partition coefficient (Wildman–Crippen LogP) is -2.98. The van der Waals surface area contributed by atoms with Gasteiger partial charge in [-0.3, -0.25) is 4.99 Å². The van der Waals surface area contributed by atoms with Crippen LogP contribution in [-0.2, 0) is 23.7 Å². The van der Waals surface area contributed by atoms with E-state index in [0.29, 0.717) is 10.8 Å². The molecule has 2 unspecified atom stereocenters. The lowest BCUT2D eigenvalue weighted by Crippen LogP contribution is -2.59. The van der Waals surface area contributed by atoms with Gasteiger partial charge in [0.1, 0.15) is 58.8 Å². The van der Waals surface area contributed by atoms with Crippen molar-refractivity contribution < 1.29 is 59.1 Å². The summed E-state index contributed by atoms with van der Waals surface area (Å²) in [5.41, 5.74) is -1.19. The normalized spacial score (nSPS) is 29.8. The monoisotopic (exact) mass is 547 g/mol. The Bertz CT molecular complexity index is 935. The number of ether oxygens (including phenoxy) is 5. The summed E-state index contributed by atoms with van der Waals surface area (Å²) in [5, 5.41) is 60.3. The second-order valence-electron chi connectivity index (χ2n) is 8.45. The number of rotatable bonds is 14. The largest absolute Gasteiger partial charge is 0.547 e. The highest BCUT2D eigenvalue weighted by Gasteiger charge is 2.44. The smallest absolute Gasteiger partial charge is 0.186 e. The fourth-order valence-corrected chi connectivity index (χ4v) is 4.53. The molecule has 15 heteroatoms. The number of carbonyl (C=O) groups is 1. The van der Waals surface area contributed by atoms with E-state index in [-0.39, 0.29) is 56.8 Å². The molecule has 0 amide bonds. The van der Waals surface area contributed by atoms with E-state index in [2.05, 4.69) is 9.98 Å². The molecule has 0 saturated carbocycles. The Hall–Kier alpha value is -2.08. The van der Waals surface area contributed by atoms with Gasteiger partial charge in [-0.1, -0.05) is 0 Å². The summed E-state index contributed by atoms with van der Waals surface area (Å²) in [6.45, 7) is 2.03. The van der Waals surface area contributed by atoms with E-state index in [4.69, 9.17) is 28.8 Å². The lowest BCUT2D eigenvalue weighted by molar-refractivity contribution is -0.311. The molecular weight excluding hydrogens is 516 g/mol. The van der Waals surface area contributed by atoms with E-state index < -0.39 is 48.8 Å².